The fraction of sp³-hybridized carbons (Fsp3) is 0.136. The molecule has 1 heteroatoms. The first-order chi connectivity index (χ1) is 21.8. The first-order valence-corrected chi connectivity index (χ1v) is 16.0. The van der Waals surface area contributed by atoms with Gasteiger partial charge in [0, 0.05) is 10.8 Å². The molecule has 0 bridgehead atoms. The summed E-state index contributed by atoms with van der Waals surface area (Å²) in [6.45, 7) is 9.64. The Morgan fingerprint density at radius 1 is 0.400 bits per heavy atom. The molecule has 9 rings (SSSR count). The van der Waals surface area contributed by atoms with Crippen LogP contribution in [0.3, 0.4) is 0 Å². The highest BCUT2D eigenvalue weighted by atomic mass is 15.2. The Labute approximate surface area is 265 Å². The van der Waals surface area contributed by atoms with Gasteiger partial charge in [0.25, 0.3) is 0 Å². The van der Waals surface area contributed by atoms with E-state index in [1.54, 1.807) is 0 Å². The standard InChI is InChI=1S/C44H35N/c1-43(2)36-18-9-10-19-40(36)45-41-23-22-32(31-21-20-28-12-5-6-14-30(28)24-31)25-37(41)44(3,4)39-27-33(26-38(43)42(39)45)35-17-11-15-29-13-7-8-16-34(29)35/h5-27H,1-4H3. The van der Waals surface area contributed by atoms with Crippen LogP contribution in [0.1, 0.15) is 49.9 Å². The number of fused-ring (bicyclic) bond motifs is 6. The molecule has 216 valence electrons. The zero-order valence-electron chi connectivity index (χ0n) is 26.2. The van der Waals surface area contributed by atoms with E-state index in [1.165, 1.54) is 83.1 Å². The van der Waals surface area contributed by atoms with Crippen LogP contribution in [0.2, 0.25) is 0 Å². The highest BCUT2D eigenvalue weighted by Gasteiger charge is 2.45. The Kier molecular flexibility index (Phi) is 5.37. The van der Waals surface area contributed by atoms with Crippen molar-refractivity contribution in [2.24, 2.45) is 0 Å². The highest BCUT2D eigenvalue weighted by Crippen LogP contribution is 2.61. The van der Waals surface area contributed by atoms with E-state index >= 15 is 0 Å². The molecule has 2 aliphatic heterocycles. The zero-order valence-corrected chi connectivity index (χ0v) is 26.2. The quantitative estimate of drug-likeness (QED) is 0.198. The number of rotatable bonds is 2. The van der Waals surface area contributed by atoms with Crippen LogP contribution < -0.4 is 4.90 Å². The SMILES string of the molecule is CC1(C)c2ccccc2N2c3ccc(-c4ccc5ccccc5c4)cc3C(C)(C)c3cc(-c4cccc5ccccc45)cc1c32. The summed E-state index contributed by atoms with van der Waals surface area (Å²) in [5.41, 5.74) is 14.1. The van der Waals surface area contributed by atoms with Gasteiger partial charge in [0.05, 0.1) is 17.1 Å². The Morgan fingerprint density at radius 3 is 1.80 bits per heavy atom. The van der Waals surface area contributed by atoms with Crippen molar-refractivity contribution in [2.75, 3.05) is 4.90 Å². The molecule has 0 fully saturated rings. The molecule has 1 nitrogen and oxygen atoms in total. The van der Waals surface area contributed by atoms with Gasteiger partial charge in [0.1, 0.15) is 0 Å². The first-order valence-electron chi connectivity index (χ1n) is 16.0. The van der Waals surface area contributed by atoms with Crippen LogP contribution in [0.4, 0.5) is 17.1 Å². The van der Waals surface area contributed by atoms with Crippen molar-refractivity contribution < 1.29 is 0 Å². The molecular weight excluding hydrogens is 542 g/mol. The molecule has 0 aromatic heterocycles. The fourth-order valence-corrected chi connectivity index (χ4v) is 8.10. The third-order valence-electron chi connectivity index (χ3n) is 10.6. The van der Waals surface area contributed by atoms with Crippen molar-refractivity contribution in [3.63, 3.8) is 0 Å². The summed E-state index contributed by atoms with van der Waals surface area (Å²) in [6, 6.07) is 52.1. The molecule has 0 unspecified atom stereocenters. The van der Waals surface area contributed by atoms with Gasteiger partial charge < -0.3 is 4.90 Å². The summed E-state index contributed by atoms with van der Waals surface area (Å²) < 4.78 is 0. The predicted octanol–water partition coefficient (Wildman–Crippen LogP) is 12.1. The van der Waals surface area contributed by atoms with Crippen molar-refractivity contribution in [3.05, 3.63) is 162 Å². The van der Waals surface area contributed by atoms with Crippen LogP contribution in [-0.4, -0.2) is 0 Å². The van der Waals surface area contributed by atoms with Gasteiger partial charge in [-0.3, -0.25) is 0 Å². The van der Waals surface area contributed by atoms with Gasteiger partial charge in [-0.25, -0.2) is 0 Å². The molecule has 7 aromatic rings. The van der Waals surface area contributed by atoms with Gasteiger partial charge in [-0.1, -0.05) is 131 Å². The van der Waals surface area contributed by atoms with E-state index in [1.807, 2.05) is 0 Å². The van der Waals surface area contributed by atoms with Crippen molar-refractivity contribution in [1.82, 2.24) is 0 Å². The van der Waals surface area contributed by atoms with Crippen molar-refractivity contribution in [2.45, 2.75) is 38.5 Å². The number of hydrogen-bond donors (Lipinski definition) is 0. The fourth-order valence-electron chi connectivity index (χ4n) is 8.10. The molecule has 0 aliphatic carbocycles. The summed E-state index contributed by atoms with van der Waals surface area (Å²) in [5, 5.41) is 5.12. The lowest BCUT2D eigenvalue weighted by atomic mass is 9.65. The minimum absolute atomic E-state index is 0.156. The van der Waals surface area contributed by atoms with Gasteiger partial charge >= 0.3 is 0 Å². The van der Waals surface area contributed by atoms with E-state index < -0.39 is 0 Å². The van der Waals surface area contributed by atoms with Gasteiger partial charge in [-0.2, -0.15) is 0 Å². The molecule has 45 heavy (non-hydrogen) atoms. The second kappa shape index (κ2) is 9.19. The van der Waals surface area contributed by atoms with Crippen LogP contribution in [0.5, 0.6) is 0 Å². The van der Waals surface area contributed by atoms with E-state index in [2.05, 4.69) is 172 Å². The first kappa shape index (κ1) is 26.3. The molecule has 0 saturated carbocycles. The minimum Gasteiger partial charge on any atom is -0.309 e. The van der Waals surface area contributed by atoms with Crippen LogP contribution >= 0.6 is 0 Å². The molecule has 0 amide bonds. The Morgan fingerprint density at radius 2 is 0.978 bits per heavy atom. The summed E-state index contributed by atoms with van der Waals surface area (Å²) in [5.74, 6) is 0. The lowest BCUT2D eigenvalue weighted by molar-refractivity contribution is 0.598. The number of para-hydroxylation sites is 1. The second-order valence-corrected chi connectivity index (χ2v) is 13.8. The lowest BCUT2D eigenvalue weighted by Crippen LogP contribution is -2.38. The average Bonchev–Trinajstić information content (AvgIpc) is 3.07. The summed E-state index contributed by atoms with van der Waals surface area (Å²) in [6.07, 6.45) is 0. The molecule has 0 saturated heterocycles. The van der Waals surface area contributed by atoms with Crippen molar-refractivity contribution in [3.8, 4) is 22.3 Å². The smallest absolute Gasteiger partial charge is 0.0544 e. The van der Waals surface area contributed by atoms with E-state index in [4.69, 9.17) is 0 Å². The van der Waals surface area contributed by atoms with Gasteiger partial charge in [-0.15, -0.1) is 0 Å². The summed E-state index contributed by atoms with van der Waals surface area (Å²) in [7, 11) is 0. The third-order valence-corrected chi connectivity index (χ3v) is 10.6. The average molecular weight is 578 g/mol. The minimum atomic E-state index is -0.217. The molecule has 0 atom stereocenters. The maximum Gasteiger partial charge on any atom is 0.0544 e. The summed E-state index contributed by atoms with van der Waals surface area (Å²) >= 11 is 0. The maximum absolute atomic E-state index is 2.56. The molecular formula is C44H35N. The topological polar surface area (TPSA) is 3.24 Å². The van der Waals surface area contributed by atoms with Gasteiger partial charge in [0.2, 0.25) is 0 Å². The van der Waals surface area contributed by atoms with Crippen LogP contribution in [0.25, 0.3) is 43.8 Å². The monoisotopic (exact) mass is 577 g/mol. The number of hydrogen-bond acceptors (Lipinski definition) is 1. The summed E-state index contributed by atoms with van der Waals surface area (Å²) in [4.78, 5) is 2.56. The molecule has 0 spiro atoms. The number of anilines is 3. The molecule has 0 N–H and O–H groups in total. The largest absolute Gasteiger partial charge is 0.309 e. The van der Waals surface area contributed by atoms with Crippen LogP contribution in [0.15, 0.2) is 140 Å². The molecule has 2 aliphatic rings. The third kappa shape index (κ3) is 3.68. The maximum atomic E-state index is 2.56. The van der Waals surface area contributed by atoms with Gasteiger partial charge in [0.15, 0.2) is 0 Å². The zero-order chi connectivity index (χ0) is 30.5. The highest BCUT2D eigenvalue weighted by molar-refractivity contribution is 6.00. The Hall–Kier alpha value is -5.14. The van der Waals surface area contributed by atoms with E-state index in [0.29, 0.717) is 0 Å². The van der Waals surface area contributed by atoms with Crippen LogP contribution in [0, 0.1) is 0 Å². The predicted molar refractivity (Wildman–Crippen MR) is 191 cm³/mol. The normalized spacial score (nSPS) is 15.4. The van der Waals surface area contributed by atoms with Gasteiger partial charge in [-0.05, 0) is 102 Å². The Bertz CT molecular complexity index is 2330. The molecule has 2 heterocycles. The van der Waals surface area contributed by atoms with Crippen LogP contribution in [-0.2, 0) is 10.8 Å². The lowest BCUT2D eigenvalue weighted by Gasteiger charge is -2.50. The molecule has 7 aromatic carbocycles. The second-order valence-electron chi connectivity index (χ2n) is 13.8. The van der Waals surface area contributed by atoms with Crippen molar-refractivity contribution >= 4 is 38.6 Å². The van der Waals surface area contributed by atoms with Crippen molar-refractivity contribution in [1.29, 1.82) is 0 Å². The van der Waals surface area contributed by atoms with E-state index in [-0.39, 0.29) is 10.8 Å². The Balaban J connectivity index is 1.33. The van der Waals surface area contributed by atoms with E-state index in [9.17, 15) is 0 Å². The number of nitrogens with zero attached hydrogens (tertiary/aromatic N) is 1. The van der Waals surface area contributed by atoms with E-state index in [0.717, 1.165) is 0 Å². The number of benzene rings is 7. The molecule has 0 radical (unpaired) electrons.